The summed E-state index contributed by atoms with van der Waals surface area (Å²) in [5, 5.41) is 4.27. The van der Waals surface area contributed by atoms with Crippen LogP contribution in [-0.2, 0) is 9.59 Å². The number of hydrogen-bond acceptors (Lipinski definition) is 3. The summed E-state index contributed by atoms with van der Waals surface area (Å²) in [7, 11) is 0. The molecule has 1 rings (SSSR count). The van der Waals surface area contributed by atoms with E-state index in [0.717, 1.165) is 0 Å². The molecule has 4 amide bonds. The normalized spacial score (nSPS) is 20.9. The molecule has 0 aromatic heterocycles. The molecule has 1 heterocycles. The van der Waals surface area contributed by atoms with Gasteiger partial charge in [0.25, 0.3) is 0 Å². The largest absolute Gasteiger partial charge is 0.328 e. The maximum atomic E-state index is 12.0. The maximum Gasteiger partial charge on any atom is 0.328 e. The highest BCUT2D eigenvalue weighted by molar-refractivity contribution is 6.19. The van der Waals surface area contributed by atoms with E-state index in [-0.39, 0.29) is 12.3 Å². The fourth-order valence-electron chi connectivity index (χ4n) is 2.03. The van der Waals surface area contributed by atoms with Gasteiger partial charge in [-0.05, 0) is 19.3 Å². The van der Waals surface area contributed by atoms with Gasteiger partial charge >= 0.3 is 6.03 Å². The Kier molecular flexibility index (Phi) is 3.83. The van der Waals surface area contributed by atoms with Crippen LogP contribution in [0.4, 0.5) is 4.79 Å². The lowest BCUT2D eigenvalue weighted by Gasteiger charge is -2.36. The van der Waals surface area contributed by atoms with Crippen molar-refractivity contribution in [3.63, 3.8) is 0 Å². The minimum atomic E-state index is -1.29. The SMILES string of the molecule is C=CCC1([C@@H](C)/C=C/C)C(=O)NC(=O)NC1=O. The summed E-state index contributed by atoms with van der Waals surface area (Å²) in [5.41, 5.74) is -1.29. The third-order valence-corrected chi connectivity index (χ3v) is 2.99. The lowest BCUT2D eigenvalue weighted by atomic mass is 9.71. The first-order chi connectivity index (χ1) is 7.98. The summed E-state index contributed by atoms with van der Waals surface area (Å²) >= 11 is 0. The molecule has 5 heteroatoms. The van der Waals surface area contributed by atoms with Gasteiger partial charge in [0.2, 0.25) is 11.8 Å². The first-order valence-corrected chi connectivity index (χ1v) is 5.39. The van der Waals surface area contributed by atoms with Crippen molar-refractivity contribution < 1.29 is 14.4 Å². The molecule has 17 heavy (non-hydrogen) atoms. The van der Waals surface area contributed by atoms with Crippen LogP contribution in [0.2, 0.25) is 0 Å². The van der Waals surface area contributed by atoms with Crippen molar-refractivity contribution in [3.05, 3.63) is 24.8 Å². The standard InChI is InChI=1S/C12H16N2O3/c1-4-6-8(3)12(7-5-2)9(15)13-11(17)14-10(12)16/h4-6,8H,2,7H2,1,3H3,(H2,13,14,15,16,17)/b6-4+/t8-/m0/s1. The van der Waals surface area contributed by atoms with Crippen molar-refractivity contribution in [2.75, 3.05) is 0 Å². The van der Waals surface area contributed by atoms with E-state index in [2.05, 4.69) is 17.2 Å². The van der Waals surface area contributed by atoms with Crippen LogP contribution in [0, 0.1) is 11.3 Å². The second kappa shape index (κ2) is 4.95. The summed E-state index contributed by atoms with van der Waals surface area (Å²) in [6.45, 7) is 7.13. The Hall–Kier alpha value is -1.91. The van der Waals surface area contributed by atoms with Crippen molar-refractivity contribution in [1.29, 1.82) is 0 Å². The molecule has 1 saturated heterocycles. The van der Waals surface area contributed by atoms with Gasteiger partial charge in [-0.2, -0.15) is 0 Å². The van der Waals surface area contributed by atoms with E-state index in [4.69, 9.17) is 0 Å². The summed E-state index contributed by atoms with van der Waals surface area (Å²) < 4.78 is 0. The molecular weight excluding hydrogens is 220 g/mol. The van der Waals surface area contributed by atoms with Gasteiger partial charge in [0, 0.05) is 0 Å². The fourth-order valence-corrected chi connectivity index (χ4v) is 2.03. The van der Waals surface area contributed by atoms with Crippen LogP contribution in [0.25, 0.3) is 0 Å². The Labute approximate surface area is 100.0 Å². The molecule has 2 N–H and O–H groups in total. The predicted octanol–water partition coefficient (Wildman–Crippen LogP) is 1.13. The number of nitrogens with one attached hydrogen (secondary N) is 2. The number of rotatable bonds is 4. The van der Waals surface area contributed by atoms with Gasteiger partial charge in [-0.1, -0.05) is 25.2 Å². The molecule has 0 aromatic carbocycles. The number of amides is 4. The molecule has 0 unspecified atom stereocenters. The molecule has 0 spiro atoms. The number of carbonyl (C=O) groups is 3. The molecule has 0 radical (unpaired) electrons. The van der Waals surface area contributed by atoms with Crippen LogP contribution in [0.1, 0.15) is 20.3 Å². The molecule has 1 fully saturated rings. The molecule has 0 bridgehead atoms. The highest BCUT2D eigenvalue weighted by Crippen LogP contribution is 2.35. The van der Waals surface area contributed by atoms with Gasteiger partial charge in [0.15, 0.2) is 0 Å². The zero-order valence-corrected chi connectivity index (χ0v) is 9.95. The average Bonchev–Trinajstić information content (AvgIpc) is 2.23. The van der Waals surface area contributed by atoms with E-state index in [0.29, 0.717) is 0 Å². The second-order valence-electron chi connectivity index (χ2n) is 4.02. The zero-order valence-electron chi connectivity index (χ0n) is 9.95. The van der Waals surface area contributed by atoms with Crippen LogP contribution in [-0.4, -0.2) is 17.8 Å². The average molecular weight is 236 g/mol. The number of barbiturate groups is 1. The Morgan fingerprint density at radius 1 is 1.29 bits per heavy atom. The summed E-state index contributed by atoms with van der Waals surface area (Å²) in [6.07, 6.45) is 5.23. The van der Waals surface area contributed by atoms with Crippen LogP contribution in [0.15, 0.2) is 24.8 Å². The van der Waals surface area contributed by atoms with E-state index in [9.17, 15) is 14.4 Å². The first kappa shape index (κ1) is 13.2. The summed E-state index contributed by atoms with van der Waals surface area (Å²) in [6, 6.07) is -0.771. The zero-order chi connectivity index (χ0) is 13.1. The highest BCUT2D eigenvalue weighted by atomic mass is 16.2. The molecule has 1 aliphatic rings. The fraction of sp³-hybridized carbons (Fsp3) is 0.417. The molecule has 1 aliphatic heterocycles. The molecule has 0 saturated carbocycles. The van der Waals surface area contributed by atoms with Crippen LogP contribution < -0.4 is 10.6 Å². The van der Waals surface area contributed by atoms with Crippen molar-refractivity contribution in [1.82, 2.24) is 10.6 Å². The Morgan fingerprint density at radius 2 is 1.82 bits per heavy atom. The maximum absolute atomic E-state index is 12.0. The lowest BCUT2D eigenvalue weighted by Crippen LogP contribution is -2.64. The van der Waals surface area contributed by atoms with Crippen molar-refractivity contribution in [3.8, 4) is 0 Å². The minimum absolute atomic E-state index is 0.184. The molecule has 92 valence electrons. The Balaban J connectivity index is 3.21. The van der Waals surface area contributed by atoms with Crippen molar-refractivity contribution in [2.24, 2.45) is 11.3 Å². The lowest BCUT2D eigenvalue weighted by molar-refractivity contribution is -0.146. The van der Waals surface area contributed by atoms with Crippen LogP contribution >= 0.6 is 0 Å². The predicted molar refractivity (Wildman–Crippen MR) is 62.9 cm³/mol. The molecule has 5 nitrogen and oxygen atoms in total. The highest BCUT2D eigenvalue weighted by Gasteiger charge is 2.52. The third-order valence-electron chi connectivity index (χ3n) is 2.99. The smallest absolute Gasteiger partial charge is 0.277 e. The van der Waals surface area contributed by atoms with Gasteiger partial charge in [-0.25, -0.2) is 4.79 Å². The van der Waals surface area contributed by atoms with Gasteiger partial charge in [-0.3, -0.25) is 20.2 Å². The molecule has 1 atom stereocenters. The number of hydrogen-bond donors (Lipinski definition) is 2. The molecule has 0 aliphatic carbocycles. The van der Waals surface area contributed by atoms with Gasteiger partial charge in [0.1, 0.15) is 5.41 Å². The van der Waals surface area contributed by atoms with Crippen molar-refractivity contribution in [2.45, 2.75) is 20.3 Å². The second-order valence-corrected chi connectivity index (χ2v) is 4.02. The van der Waals surface area contributed by atoms with E-state index >= 15 is 0 Å². The van der Waals surface area contributed by atoms with Crippen molar-refractivity contribution >= 4 is 17.8 Å². The number of allylic oxidation sites excluding steroid dienone is 3. The van der Waals surface area contributed by atoms with Crippen LogP contribution in [0.3, 0.4) is 0 Å². The number of carbonyl (C=O) groups excluding carboxylic acids is 3. The summed E-state index contributed by atoms with van der Waals surface area (Å²) in [4.78, 5) is 35.0. The molecular formula is C12H16N2O3. The Bertz CT molecular complexity index is 379. The van der Waals surface area contributed by atoms with Gasteiger partial charge < -0.3 is 0 Å². The molecule has 0 aromatic rings. The van der Waals surface area contributed by atoms with E-state index in [1.54, 1.807) is 19.1 Å². The third kappa shape index (κ3) is 2.13. The summed E-state index contributed by atoms with van der Waals surface area (Å²) in [5.74, 6) is -1.47. The minimum Gasteiger partial charge on any atom is -0.277 e. The quantitative estimate of drug-likeness (QED) is 0.567. The Morgan fingerprint density at radius 3 is 2.24 bits per heavy atom. The topological polar surface area (TPSA) is 75.3 Å². The number of imide groups is 2. The van der Waals surface area contributed by atoms with Gasteiger partial charge in [-0.15, -0.1) is 6.58 Å². The van der Waals surface area contributed by atoms with Gasteiger partial charge in [0.05, 0.1) is 0 Å². The van der Waals surface area contributed by atoms with Crippen LogP contribution in [0.5, 0.6) is 0 Å². The van der Waals surface area contributed by atoms with E-state index in [1.807, 2.05) is 6.92 Å². The number of urea groups is 1. The first-order valence-electron chi connectivity index (χ1n) is 5.39. The van der Waals surface area contributed by atoms with E-state index in [1.165, 1.54) is 6.08 Å². The van der Waals surface area contributed by atoms with E-state index < -0.39 is 23.3 Å². The monoisotopic (exact) mass is 236 g/mol.